The molecule has 5 fully saturated rings. The number of aromatic nitrogens is 3. The third-order valence-electron chi connectivity index (χ3n) is 10.4. The van der Waals surface area contributed by atoms with E-state index in [0.717, 1.165) is 50.9 Å². The number of nitrogens with one attached hydrogen (secondary N) is 1. The number of fused-ring (bicyclic) bond motifs is 6. The highest BCUT2D eigenvalue weighted by Gasteiger charge is 2.45. The number of halogens is 4. The van der Waals surface area contributed by atoms with Gasteiger partial charge in [-0.3, -0.25) is 14.3 Å². The van der Waals surface area contributed by atoms with E-state index < -0.39 is 52.6 Å². The van der Waals surface area contributed by atoms with Crippen LogP contribution < -0.4 is 20.5 Å². The van der Waals surface area contributed by atoms with Crippen LogP contribution in [-0.2, 0) is 12.6 Å². The molecule has 5 aliphatic rings. The Morgan fingerprint density at radius 1 is 1.15 bits per heavy atom. The molecule has 5 aliphatic heterocycles. The third kappa shape index (κ3) is 4.92. The van der Waals surface area contributed by atoms with Gasteiger partial charge < -0.3 is 20.1 Å². The van der Waals surface area contributed by atoms with Gasteiger partial charge in [-0.2, -0.15) is 23.1 Å². The molecule has 0 spiro atoms. The van der Waals surface area contributed by atoms with E-state index in [-0.39, 0.29) is 51.7 Å². The molecule has 248 valence electrons. The number of piperazine rings is 1. The largest absolute Gasteiger partial charge is 0.508 e. The second kappa shape index (κ2) is 11.0. The zero-order valence-corrected chi connectivity index (χ0v) is 25.8. The van der Waals surface area contributed by atoms with Crippen LogP contribution in [0.3, 0.4) is 0 Å². The van der Waals surface area contributed by atoms with Crippen LogP contribution in [0.25, 0.3) is 27.4 Å². The first-order valence-corrected chi connectivity index (χ1v) is 16.2. The Morgan fingerprint density at radius 2 is 1.94 bits per heavy atom. The summed E-state index contributed by atoms with van der Waals surface area (Å²) in [6, 6.07) is 5.15. The number of aryl methyl sites for hydroxylation is 1. The van der Waals surface area contributed by atoms with Crippen molar-refractivity contribution in [2.75, 3.05) is 37.6 Å². The van der Waals surface area contributed by atoms with Crippen LogP contribution in [-0.4, -0.2) is 74.9 Å². The predicted molar refractivity (Wildman–Crippen MR) is 169 cm³/mol. The first-order chi connectivity index (χ1) is 23.3. The molecule has 2 unspecified atom stereocenters. The monoisotopic (exact) mass is 654 g/mol. The molecule has 5 saturated heterocycles. The van der Waals surface area contributed by atoms with Crippen molar-refractivity contribution in [1.29, 1.82) is 0 Å². The molecule has 9 nitrogen and oxygen atoms in total. The van der Waals surface area contributed by atoms with E-state index >= 15 is 17.6 Å². The van der Waals surface area contributed by atoms with Crippen LogP contribution in [0.4, 0.5) is 23.4 Å². The quantitative estimate of drug-likeness (QED) is 0.271. The van der Waals surface area contributed by atoms with Crippen LogP contribution in [0.15, 0.2) is 35.1 Å². The molecule has 2 aromatic heterocycles. The van der Waals surface area contributed by atoms with Crippen molar-refractivity contribution in [3.63, 3.8) is 0 Å². The lowest BCUT2D eigenvalue weighted by Gasteiger charge is -2.46. The summed E-state index contributed by atoms with van der Waals surface area (Å²) in [4.78, 5) is 27.5. The number of alkyl halides is 3. The zero-order chi connectivity index (χ0) is 34.5. The topological polar surface area (TPSA) is 95.8 Å². The first-order valence-electron chi connectivity index (χ1n) is 17.2. The number of hydrogen-bond acceptors (Lipinski definition) is 8. The van der Waals surface area contributed by atoms with Gasteiger partial charge in [0.05, 0.1) is 19.4 Å². The van der Waals surface area contributed by atoms with Gasteiger partial charge >= 0.3 is 12.2 Å². The second-order valence-corrected chi connectivity index (χ2v) is 13.1. The predicted octanol–water partition coefficient (Wildman–Crippen LogP) is 5.31. The number of ether oxygens (including phenoxy) is 1. The minimum atomic E-state index is -5.06. The van der Waals surface area contributed by atoms with Crippen molar-refractivity contribution in [2.24, 2.45) is 0 Å². The maximum atomic E-state index is 15.1. The minimum absolute atomic E-state index is 0.0513. The number of piperidine rings is 2. The summed E-state index contributed by atoms with van der Waals surface area (Å²) in [6.07, 6.45) is -0.633. The Balaban J connectivity index is 1.41. The highest BCUT2D eigenvalue weighted by Crippen LogP contribution is 2.41. The lowest BCUT2D eigenvalue weighted by atomic mass is 9.93. The Hall–Kier alpha value is -3.97. The summed E-state index contributed by atoms with van der Waals surface area (Å²) in [7, 11) is 0. The van der Waals surface area contributed by atoms with Crippen LogP contribution in [0, 0.1) is 5.82 Å². The number of rotatable bonds is 6. The number of nitrogens with zero attached hydrogens (tertiary/aromatic N) is 5. The van der Waals surface area contributed by atoms with Crippen molar-refractivity contribution in [1.82, 2.24) is 24.8 Å². The molecule has 2 bridgehead atoms. The molecular formula is C34H36F4N6O3. The second-order valence-electron chi connectivity index (χ2n) is 13.1. The average molecular weight is 655 g/mol. The van der Waals surface area contributed by atoms with Gasteiger partial charge in [-0.1, -0.05) is 13.0 Å². The highest BCUT2D eigenvalue weighted by atomic mass is 19.4. The van der Waals surface area contributed by atoms with Gasteiger partial charge in [0.15, 0.2) is 0 Å². The maximum Gasteiger partial charge on any atom is 0.431 e. The summed E-state index contributed by atoms with van der Waals surface area (Å²) in [6.45, 7) is 1.80. The molecule has 2 atom stereocenters. The fraction of sp³-hybridized carbons (Fsp3) is 0.500. The highest BCUT2D eigenvalue weighted by molar-refractivity contribution is 5.96. The fourth-order valence-corrected chi connectivity index (χ4v) is 8.24. The smallest absolute Gasteiger partial charge is 0.431 e. The molecule has 0 saturated carbocycles. The normalized spacial score (nSPS) is 23.4. The molecule has 2 aromatic carbocycles. The zero-order valence-electron chi connectivity index (χ0n) is 27.8. The molecule has 4 aromatic rings. The Bertz CT molecular complexity index is 2040. The van der Waals surface area contributed by atoms with Crippen molar-refractivity contribution in [3.05, 3.63) is 57.8 Å². The van der Waals surface area contributed by atoms with Crippen LogP contribution in [0.1, 0.15) is 59.4 Å². The molecule has 0 aliphatic carbocycles. The van der Waals surface area contributed by atoms with E-state index in [0.29, 0.717) is 30.5 Å². The minimum Gasteiger partial charge on any atom is -0.508 e. The number of anilines is 1. The van der Waals surface area contributed by atoms with Crippen LogP contribution in [0.5, 0.6) is 11.8 Å². The number of aromatic hydroxyl groups is 1. The van der Waals surface area contributed by atoms with Crippen molar-refractivity contribution in [2.45, 2.75) is 75.7 Å². The summed E-state index contributed by atoms with van der Waals surface area (Å²) >= 11 is 0. The molecule has 7 heterocycles. The van der Waals surface area contributed by atoms with Gasteiger partial charge in [0.25, 0.3) is 5.56 Å². The lowest BCUT2D eigenvalue weighted by Crippen LogP contribution is -2.61. The van der Waals surface area contributed by atoms with Crippen molar-refractivity contribution >= 4 is 27.5 Å². The molecule has 9 rings (SSSR count). The van der Waals surface area contributed by atoms with Crippen LogP contribution in [0.2, 0.25) is 0 Å². The number of phenolic OH excluding ortho intramolecular Hbond substituents is 1. The Kier molecular flexibility index (Phi) is 6.60. The van der Waals surface area contributed by atoms with E-state index in [1.54, 1.807) is 6.92 Å². The van der Waals surface area contributed by atoms with E-state index in [4.69, 9.17) is 7.48 Å². The van der Waals surface area contributed by atoms with Crippen molar-refractivity contribution in [3.8, 4) is 17.4 Å². The van der Waals surface area contributed by atoms with Gasteiger partial charge in [0.1, 0.15) is 35.2 Å². The van der Waals surface area contributed by atoms with E-state index in [1.165, 1.54) is 18.2 Å². The molecule has 2 N–H and O–H groups in total. The van der Waals surface area contributed by atoms with Crippen LogP contribution >= 0.6 is 0 Å². The van der Waals surface area contributed by atoms with Gasteiger partial charge in [0, 0.05) is 36.6 Å². The number of benzene rings is 2. The van der Waals surface area contributed by atoms with Gasteiger partial charge in [-0.15, -0.1) is 0 Å². The maximum absolute atomic E-state index is 15.1. The number of phenols is 1. The molecule has 0 amide bonds. The van der Waals surface area contributed by atoms with Crippen molar-refractivity contribution < 1.29 is 30.1 Å². The lowest BCUT2D eigenvalue weighted by molar-refractivity contribution is -0.142. The summed E-state index contributed by atoms with van der Waals surface area (Å²) in [5.74, 6) is -1.01. The summed E-state index contributed by atoms with van der Waals surface area (Å²) < 4.78 is 85.0. The Morgan fingerprint density at radius 3 is 2.60 bits per heavy atom. The van der Waals surface area contributed by atoms with Gasteiger partial charge in [-0.25, -0.2) is 4.39 Å². The molecule has 13 heteroatoms. The summed E-state index contributed by atoms with van der Waals surface area (Å²) in [5.41, 5.74) is -4.11. The van der Waals surface area contributed by atoms with Gasteiger partial charge in [0.2, 0.25) is 0 Å². The molecule has 47 heavy (non-hydrogen) atoms. The number of pyridine rings is 1. The van der Waals surface area contributed by atoms with Gasteiger partial charge in [-0.05, 0) is 87.2 Å². The standard InChI is InChI=1S/C34H36F4N6O3/c1-2-23-25(35)8-5-19-13-22(45)14-26(28(19)23)44-27(34(36,37)38)15-24-29(31(44)46)40-32(47-18-33-9-3-11-42(33)12-4-10-33)41-30(24)43-17-20-6-7-21(43)16-39-20/h5,8,13-15,20-21,39,45H,2-4,6-7,9-12,16-18H2,1H3/i18D2. The number of hydrogen-bond donors (Lipinski definition) is 2. The van der Waals surface area contributed by atoms with E-state index in [1.807, 2.05) is 4.90 Å². The first kappa shape index (κ1) is 28.1. The third-order valence-corrected chi connectivity index (χ3v) is 10.4. The van der Waals surface area contributed by atoms with E-state index in [2.05, 4.69) is 20.2 Å². The summed E-state index contributed by atoms with van der Waals surface area (Å²) in [5, 5.41) is 14.2. The average Bonchev–Trinajstić information content (AvgIpc) is 3.68. The molecular weight excluding hydrogens is 616 g/mol. The van der Waals surface area contributed by atoms with E-state index in [9.17, 15) is 9.90 Å². The SMILES string of the molecule is [2H]C([2H])(Oc1nc(N2CC3CCC2CN3)c2cc(C(F)(F)F)n(-c3cc(O)cc4ccc(F)c(CC)c34)c(=O)c2n1)C12CCCN1CCC2. The fourth-order valence-electron chi connectivity index (χ4n) is 8.24. The Labute approximate surface area is 271 Å². The molecule has 0 radical (unpaired) electrons.